The second kappa shape index (κ2) is 10.9. The Kier molecular flexibility index (Phi) is 8.54. The van der Waals surface area contributed by atoms with E-state index in [0.717, 1.165) is 17.1 Å². The average molecular weight is 402 g/mol. The molecule has 0 saturated carbocycles. The van der Waals surface area contributed by atoms with Crippen molar-refractivity contribution in [2.45, 2.75) is 38.3 Å². The fraction of sp³-hybridized carbons (Fsp3) is 0.364. The maximum Gasteiger partial charge on any atom is 0.335 e. The van der Waals surface area contributed by atoms with Gasteiger partial charge in [0.25, 0.3) is 0 Å². The van der Waals surface area contributed by atoms with Crippen molar-refractivity contribution < 1.29 is 19.4 Å². The first kappa shape index (κ1) is 22.0. The number of aromatic carboxylic acids is 1. The van der Waals surface area contributed by atoms with Gasteiger partial charge in [0.1, 0.15) is 0 Å². The number of Topliss-reactive ketones (excluding diaryl/α,β-unsaturated/α-hetero) is 1. The van der Waals surface area contributed by atoms with Gasteiger partial charge < -0.3 is 15.2 Å². The average Bonchev–Trinajstić information content (AvgIpc) is 2.68. The second-order valence-electron chi connectivity index (χ2n) is 6.78. The van der Waals surface area contributed by atoms with Crippen molar-refractivity contribution in [1.29, 1.82) is 0 Å². The Hall–Kier alpha value is -2.31. The molecule has 2 aromatic rings. The van der Waals surface area contributed by atoms with Crippen molar-refractivity contribution in [3.63, 3.8) is 0 Å². The molecule has 2 aromatic carbocycles. The van der Waals surface area contributed by atoms with E-state index < -0.39 is 12.2 Å². The molecule has 0 bridgehead atoms. The molecule has 0 radical (unpaired) electrons. The first-order chi connectivity index (χ1) is 13.4. The standard InChI is InChI=1S/C22H27NO4S/c1-4-27-21(23-18-9-5-17(6-10-18)22(25)26)20(24)16-7-11-19(12-8-16)28-14-13-15(2)3/h5-12,15,21,23H,4,13-14H2,1-3H3,(H,25,26). The molecule has 0 aliphatic heterocycles. The van der Waals surface area contributed by atoms with E-state index in [1.54, 1.807) is 23.9 Å². The molecule has 0 aromatic heterocycles. The van der Waals surface area contributed by atoms with E-state index in [9.17, 15) is 9.59 Å². The molecule has 1 unspecified atom stereocenters. The van der Waals surface area contributed by atoms with Crippen LogP contribution < -0.4 is 5.32 Å². The van der Waals surface area contributed by atoms with Crippen LogP contribution in [0.1, 0.15) is 47.9 Å². The highest BCUT2D eigenvalue weighted by Gasteiger charge is 2.20. The molecule has 0 heterocycles. The number of nitrogens with one attached hydrogen (secondary N) is 1. The number of carboxylic acids is 1. The monoisotopic (exact) mass is 401 g/mol. The summed E-state index contributed by atoms with van der Waals surface area (Å²) in [4.78, 5) is 24.9. The number of thioether (sulfide) groups is 1. The lowest BCUT2D eigenvalue weighted by atomic mass is 10.1. The van der Waals surface area contributed by atoms with Gasteiger partial charge in [0.05, 0.1) is 5.56 Å². The van der Waals surface area contributed by atoms with E-state index in [1.165, 1.54) is 12.1 Å². The number of carbonyl (C=O) groups excluding carboxylic acids is 1. The van der Waals surface area contributed by atoms with E-state index in [4.69, 9.17) is 9.84 Å². The van der Waals surface area contributed by atoms with Gasteiger partial charge in [0, 0.05) is 22.8 Å². The summed E-state index contributed by atoms with van der Waals surface area (Å²) in [6.07, 6.45) is 0.322. The minimum Gasteiger partial charge on any atom is -0.478 e. The van der Waals surface area contributed by atoms with E-state index in [0.29, 0.717) is 23.8 Å². The predicted molar refractivity (Wildman–Crippen MR) is 113 cm³/mol. The molecule has 5 nitrogen and oxygen atoms in total. The summed E-state index contributed by atoms with van der Waals surface area (Å²) < 4.78 is 5.58. The Morgan fingerprint density at radius 2 is 1.64 bits per heavy atom. The van der Waals surface area contributed by atoms with Crippen LogP contribution in [-0.2, 0) is 4.74 Å². The number of ketones is 1. The molecule has 2 rings (SSSR count). The normalized spacial score (nSPS) is 12.0. The van der Waals surface area contributed by atoms with Crippen molar-refractivity contribution in [3.05, 3.63) is 59.7 Å². The minimum atomic E-state index is -0.990. The van der Waals surface area contributed by atoms with Crippen LogP contribution in [0.2, 0.25) is 0 Å². The van der Waals surface area contributed by atoms with Crippen LogP contribution in [0.25, 0.3) is 0 Å². The largest absolute Gasteiger partial charge is 0.478 e. The van der Waals surface area contributed by atoms with Crippen molar-refractivity contribution >= 4 is 29.2 Å². The van der Waals surface area contributed by atoms with Gasteiger partial charge in [0.15, 0.2) is 6.23 Å². The Labute approximate surface area is 170 Å². The summed E-state index contributed by atoms with van der Waals surface area (Å²) in [5.74, 6) is 0.578. The van der Waals surface area contributed by atoms with Gasteiger partial charge in [-0.3, -0.25) is 4.79 Å². The number of hydrogen-bond acceptors (Lipinski definition) is 5. The van der Waals surface area contributed by atoms with Crippen LogP contribution in [0.15, 0.2) is 53.4 Å². The lowest BCUT2D eigenvalue weighted by Gasteiger charge is -2.19. The molecule has 28 heavy (non-hydrogen) atoms. The van der Waals surface area contributed by atoms with E-state index in [2.05, 4.69) is 19.2 Å². The van der Waals surface area contributed by atoms with Crippen molar-refractivity contribution in [1.82, 2.24) is 0 Å². The van der Waals surface area contributed by atoms with Crippen LogP contribution in [-0.4, -0.2) is 35.4 Å². The highest BCUT2D eigenvalue weighted by atomic mass is 32.2. The van der Waals surface area contributed by atoms with Gasteiger partial charge in [0.2, 0.25) is 5.78 Å². The van der Waals surface area contributed by atoms with E-state index >= 15 is 0 Å². The van der Waals surface area contributed by atoms with Crippen molar-refractivity contribution in [2.24, 2.45) is 5.92 Å². The third kappa shape index (κ3) is 6.69. The lowest BCUT2D eigenvalue weighted by molar-refractivity contribution is 0.0549. The zero-order chi connectivity index (χ0) is 20.5. The quantitative estimate of drug-likeness (QED) is 0.307. The summed E-state index contributed by atoms with van der Waals surface area (Å²) in [5, 5.41) is 12.0. The first-order valence-corrected chi connectivity index (χ1v) is 10.4. The first-order valence-electron chi connectivity index (χ1n) is 9.39. The Morgan fingerprint density at radius 3 is 2.18 bits per heavy atom. The van der Waals surface area contributed by atoms with Crippen LogP contribution in [0.5, 0.6) is 0 Å². The molecule has 2 N–H and O–H groups in total. The number of anilines is 1. The summed E-state index contributed by atoms with van der Waals surface area (Å²) in [6.45, 7) is 6.61. The molecule has 0 fully saturated rings. The number of ether oxygens (including phenoxy) is 1. The fourth-order valence-corrected chi connectivity index (χ4v) is 3.64. The molecular formula is C22H27NO4S. The molecule has 0 amide bonds. The van der Waals surface area contributed by atoms with Gasteiger partial charge in [-0.05, 0) is 61.4 Å². The zero-order valence-corrected chi connectivity index (χ0v) is 17.3. The lowest BCUT2D eigenvalue weighted by Crippen LogP contribution is -2.32. The van der Waals surface area contributed by atoms with Gasteiger partial charge in [-0.15, -0.1) is 11.8 Å². The third-order valence-electron chi connectivity index (χ3n) is 4.10. The molecule has 1 atom stereocenters. The Morgan fingerprint density at radius 1 is 1.04 bits per heavy atom. The minimum absolute atomic E-state index is 0.164. The number of rotatable bonds is 11. The highest BCUT2D eigenvalue weighted by Crippen LogP contribution is 2.22. The number of hydrogen-bond donors (Lipinski definition) is 2. The third-order valence-corrected chi connectivity index (χ3v) is 5.15. The summed E-state index contributed by atoms with van der Waals surface area (Å²) >= 11 is 1.79. The van der Waals surface area contributed by atoms with Crippen LogP contribution in [0.3, 0.4) is 0 Å². The molecule has 0 aliphatic rings. The predicted octanol–water partition coefficient (Wildman–Crippen LogP) is 5.18. The zero-order valence-electron chi connectivity index (χ0n) is 16.5. The van der Waals surface area contributed by atoms with Crippen molar-refractivity contribution in [2.75, 3.05) is 17.7 Å². The smallest absolute Gasteiger partial charge is 0.335 e. The summed E-state index contributed by atoms with van der Waals surface area (Å²) in [6, 6.07) is 13.8. The van der Waals surface area contributed by atoms with Crippen LogP contribution >= 0.6 is 11.8 Å². The Bertz CT molecular complexity index is 772. The SMILES string of the molecule is CCOC(Nc1ccc(C(=O)O)cc1)C(=O)c1ccc(SCCC(C)C)cc1. The van der Waals surface area contributed by atoms with E-state index in [-0.39, 0.29) is 11.3 Å². The number of carbonyl (C=O) groups is 2. The Balaban J connectivity index is 2.04. The maximum atomic E-state index is 12.8. The van der Waals surface area contributed by atoms with Gasteiger partial charge in [-0.2, -0.15) is 0 Å². The topological polar surface area (TPSA) is 75.6 Å². The van der Waals surface area contributed by atoms with Crippen molar-refractivity contribution in [3.8, 4) is 0 Å². The maximum absolute atomic E-state index is 12.8. The second-order valence-corrected chi connectivity index (χ2v) is 7.95. The van der Waals surface area contributed by atoms with Crippen LogP contribution in [0.4, 0.5) is 5.69 Å². The number of carboxylic acid groups (broad SMARTS) is 1. The molecule has 6 heteroatoms. The highest BCUT2D eigenvalue weighted by molar-refractivity contribution is 7.99. The van der Waals surface area contributed by atoms with Crippen LogP contribution in [0, 0.1) is 5.92 Å². The van der Waals surface area contributed by atoms with E-state index in [1.807, 2.05) is 31.2 Å². The molecule has 150 valence electrons. The van der Waals surface area contributed by atoms with Gasteiger partial charge in [-0.1, -0.05) is 26.0 Å². The number of benzene rings is 2. The molecule has 0 saturated heterocycles. The van der Waals surface area contributed by atoms with Gasteiger partial charge >= 0.3 is 5.97 Å². The fourth-order valence-electron chi connectivity index (χ4n) is 2.49. The molecule has 0 spiro atoms. The summed E-state index contributed by atoms with van der Waals surface area (Å²) in [7, 11) is 0. The molecular weight excluding hydrogens is 374 g/mol. The summed E-state index contributed by atoms with van der Waals surface area (Å²) in [5.41, 5.74) is 1.38. The molecule has 0 aliphatic carbocycles. The van der Waals surface area contributed by atoms with Gasteiger partial charge in [-0.25, -0.2) is 4.79 Å².